The van der Waals surface area contributed by atoms with Crippen molar-refractivity contribution in [3.63, 3.8) is 0 Å². The van der Waals surface area contributed by atoms with E-state index in [0.717, 1.165) is 23.8 Å². The lowest BCUT2D eigenvalue weighted by Crippen LogP contribution is -2.29. The second-order valence-corrected chi connectivity index (χ2v) is 6.18. The van der Waals surface area contributed by atoms with Crippen molar-refractivity contribution in [2.75, 3.05) is 0 Å². The molecule has 0 bridgehead atoms. The zero-order valence-electron chi connectivity index (χ0n) is 15.1. The monoisotopic (exact) mass is 356 g/mol. The van der Waals surface area contributed by atoms with Crippen molar-refractivity contribution in [3.8, 4) is 6.07 Å². The van der Waals surface area contributed by atoms with Crippen LogP contribution in [-0.4, -0.2) is 15.9 Å². The van der Waals surface area contributed by atoms with Crippen LogP contribution < -0.4 is 5.32 Å². The Hall–Kier alpha value is -3.52. The third-order valence-electron chi connectivity index (χ3n) is 4.23. The Balaban J connectivity index is 1.83. The summed E-state index contributed by atoms with van der Waals surface area (Å²) in [6, 6.07) is 19.0. The summed E-state index contributed by atoms with van der Waals surface area (Å²) >= 11 is 0. The Morgan fingerprint density at radius 1 is 1.19 bits per heavy atom. The number of pyridine rings is 2. The number of nitrogens with one attached hydrogen (secondary N) is 1. The van der Waals surface area contributed by atoms with Crippen molar-refractivity contribution in [3.05, 3.63) is 77.6 Å². The van der Waals surface area contributed by atoms with Crippen LogP contribution in [-0.2, 0) is 4.79 Å². The molecule has 0 fully saturated rings. The highest BCUT2D eigenvalue weighted by atomic mass is 16.1. The fraction of sp³-hybridized carbons (Fsp3) is 0.182. The number of carbonyl (C=O) groups is 1. The first-order valence-corrected chi connectivity index (χ1v) is 8.90. The van der Waals surface area contributed by atoms with E-state index in [2.05, 4.69) is 22.2 Å². The van der Waals surface area contributed by atoms with Crippen molar-refractivity contribution in [1.29, 1.82) is 5.26 Å². The molecule has 1 N–H and O–H groups in total. The van der Waals surface area contributed by atoms with E-state index in [0.29, 0.717) is 11.3 Å². The minimum atomic E-state index is -0.400. The summed E-state index contributed by atoms with van der Waals surface area (Å²) in [6.45, 7) is 2.06. The quantitative estimate of drug-likeness (QED) is 0.530. The summed E-state index contributed by atoms with van der Waals surface area (Å²) in [4.78, 5) is 21.3. The van der Waals surface area contributed by atoms with Gasteiger partial charge in [0, 0.05) is 11.6 Å². The highest BCUT2D eigenvalue weighted by Gasteiger charge is 2.17. The van der Waals surface area contributed by atoms with E-state index < -0.39 is 5.91 Å². The first-order chi connectivity index (χ1) is 13.2. The molecule has 0 saturated carbocycles. The van der Waals surface area contributed by atoms with E-state index in [4.69, 9.17) is 0 Å². The van der Waals surface area contributed by atoms with Gasteiger partial charge in [0.15, 0.2) is 5.65 Å². The molecule has 2 aromatic heterocycles. The largest absolute Gasteiger partial charge is 0.345 e. The molecule has 1 unspecified atom stereocenters. The van der Waals surface area contributed by atoms with Gasteiger partial charge in [0.05, 0.1) is 11.7 Å². The average molecular weight is 356 g/mol. The minimum absolute atomic E-state index is 0.0230. The Bertz CT molecular complexity index is 1010. The van der Waals surface area contributed by atoms with Gasteiger partial charge in [-0.15, -0.1) is 0 Å². The second-order valence-electron chi connectivity index (χ2n) is 6.18. The van der Waals surface area contributed by atoms with E-state index in [1.165, 1.54) is 6.08 Å². The van der Waals surface area contributed by atoms with Crippen LogP contribution in [0.25, 0.3) is 17.1 Å². The molecule has 1 amide bonds. The van der Waals surface area contributed by atoms with Gasteiger partial charge in [0.2, 0.25) is 0 Å². The van der Waals surface area contributed by atoms with Crippen molar-refractivity contribution < 1.29 is 4.79 Å². The fourth-order valence-electron chi connectivity index (χ4n) is 2.88. The van der Waals surface area contributed by atoms with E-state index in [-0.39, 0.29) is 11.6 Å². The Morgan fingerprint density at radius 3 is 2.74 bits per heavy atom. The number of benzene rings is 1. The predicted molar refractivity (Wildman–Crippen MR) is 105 cm³/mol. The van der Waals surface area contributed by atoms with Gasteiger partial charge in [-0.1, -0.05) is 43.7 Å². The molecule has 0 aliphatic heterocycles. The number of rotatable bonds is 6. The van der Waals surface area contributed by atoms with Gasteiger partial charge in [0.25, 0.3) is 5.91 Å². The topological polar surface area (TPSA) is 78.7 Å². The maximum Gasteiger partial charge on any atom is 0.262 e. The van der Waals surface area contributed by atoms with E-state index in [1.807, 2.05) is 54.6 Å². The molecule has 1 atom stereocenters. The molecule has 3 rings (SSSR count). The van der Waals surface area contributed by atoms with Crippen molar-refractivity contribution >= 4 is 23.0 Å². The smallest absolute Gasteiger partial charge is 0.262 e. The van der Waals surface area contributed by atoms with Gasteiger partial charge < -0.3 is 5.32 Å². The molecule has 0 spiro atoms. The van der Waals surface area contributed by atoms with Crippen LogP contribution in [0.3, 0.4) is 0 Å². The normalized spacial score (nSPS) is 12.4. The zero-order chi connectivity index (χ0) is 19.1. The number of amides is 1. The molecular weight excluding hydrogens is 336 g/mol. The SMILES string of the molecule is CCCC(NC(=O)C(C#N)=Cc1ccc2cccnc2n1)c1ccccc1. The lowest BCUT2D eigenvalue weighted by atomic mass is 10.0. The van der Waals surface area contributed by atoms with Crippen molar-refractivity contribution in [1.82, 2.24) is 15.3 Å². The van der Waals surface area contributed by atoms with Crippen LogP contribution in [0.2, 0.25) is 0 Å². The molecular formula is C22H20N4O. The lowest BCUT2D eigenvalue weighted by molar-refractivity contribution is -0.117. The number of carbonyl (C=O) groups excluding carboxylic acids is 1. The second kappa shape index (κ2) is 8.72. The van der Waals surface area contributed by atoms with Gasteiger partial charge in [-0.2, -0.15) is 5.26 Å². The van der Waals surface area contributed by atoms with Crippen LogP contribution in [0.1, 0.15) is 37.1 Å². The number of nitrogens with zero attached hydrogens (tertiary/aromatic N) is 3. The van der Waals surface area contributed by atoms with Crippen molar-refractivity contribution in [2.45, 2.75) is 25.8 Å². The molecule has 27 heavy (non-hydrogen) atoms. The van der Waals surface area contributed by atoms with Gasteiger partial charge in [0.1, 0.15) is 11.6 Å². The van der Waals surface area contributed by atoms with Gasteiger partial charge in [-0.05, 0) is 42.3 Å². The first kappa shape index (κ1) is 18.3. The Morgan fingerprint density at radius 2 is 2.00 bits per heavy atom. The summed E-state index contributed by atoms with van der Waals surface area (Å²) < 4.78 is 0. The molecule has 134 valence electrons. The number of hydrogen-bond donors (Lipinski definition) is 1. The van der Waals surface area contributed by atoms with Crippen LogP contribution in [0, 0.1) is 11.3 Å². The predicted octanol–water partition coefficient (Wildman–Crippen LogP) is 4.19. The molecule has 1 aromatic carbocycles. The zero-order valence-corrected chi connectivity index (χ0v) is 15.1. The first-order valence-electron chi connectivity index (χ1n) is 8.90. The van der Waals surface area contributed by atoms with Crippen LogP contribution in [0.5, 0.6) is 0 Å². The van der Waals surface area contributed by atoms with E-state index >= 15 is 0 Å². The molecule has 5 nitrogen and oxygen atoms in total. The number of nitriles is 1. The summed E-state index contributed by atoms with van der Waals surface area (Å²) in [7, 11) is 0. The van der Waals surface area contributed by atoms with E-state index in [9.17, 15) is 10.1 Å². The third kappa shape index (κ3) is 4.56. The molecule has 5 heteroatoms. The standard InChI is InChI=1S/C22H20N4O/c1-2-7-20(16-8-4-3-5-9-16)26-22(27)18(15-23)14-19-12-11-17-10-6-13-24-21(17)25-19/h3-6,8-14,20H,2,7H2,1H3,(H,26,27). The number of hydrogen-bond acceptors (Lipinski definition) is 4. The van der Waals surface area contributed by atoms with Gasteiger partial charge in [-0.25, -0.2) is 9.97 Å². The molecule has 0 radical (unpaired) electrons. The summed E-state index contributed by atoms with van der Waals surface area (Å²) in [5.41, 5.74) is 2.16. The van der Waals surface area contributed by atoms with Crippen LogP contribution >= 0.6 is 0 Å². The Labute approximate surface area is 158 Å². The van der Waals surface area contributed by atoms with Gasteiger partial charge >= 0.3 is 0 Å². The average Bonchev–Trinajstić information content (AvgIpc) is 2.72. The molecule has 0 aliphatic carbocycles. The molecule has 3 aromatic rings. The number of aromatic nitrogens is 2. The summed E-state index contributed by atoms with van der Waals surface area (Å²) in [5.74, 6) is -0.400. The summed E-state index contributed by atoms with van der Waals surface area (Å²) in [6.07, 6.45) is 4.88. The van der Waals surface area contributed by atoms with Crippen LogP contribution in [0.15, 0.2) is 66.4 Å². The molecule has 2 heterocycles. The minimum Gasteiger partial charge on any atom is -0.345 e. The number of fused-ring (bicyclic) bond motifs is 1. The molecule has 0 aliphatic rings. The maximum atomic E-state index is 12.7. The van der Waals surface area contributed by atoms with Crippen LogP contribution in [0.4, 0.5) is 0 Å². The third-order valence-corrected chi connectivity index (χ3v) is 4.23. The fourth-order valence-corrected chi connectivity index (χ4v) is 2.88. The molecule has 0 saturated heterocycles. The lowest BCUT2D eigenvalue weighted by Gasteiger charge is -2.18. The van der Waals surface area contributed by atoms with E-state index in [1.54, 1.807) is 12.3 Å². The Kier molecular flexibility index (Phi) is 5.91. The highest BCUT2D eigenvalue weighted by molar-refractivity contribution is 6.01. The highest BCUT2D eigenvalue weighted by Crippen LogP contribution is 2.19. The van der Waals surface area contributed by atoms with Crippen molar-refractivity contribution in [2.24, 2.45) is 0 Å². The maximum absolute atomic E-state index is 12.7. The van der Waals surface area contributed by atoms with Gasteiger partial charge in [-0.3, -0.25) is 4.79 Å². The summed E-state index contributed by atoms with van der Waals surface area (Å²) in [5, 5.41) is 13.3.